The summed E-state index contributed by atoms with van der Waals surface area (Å²) >= 11 is 3.05. The van der Waals surface area contributed by atoms with Crippen molar-refractivity contribution >= 4 is 21.7 Å². The number of rotatable bonds is 6. The van der Waals surface area contributed by atoms with E-state index in [-0.39, 0.29) is 16.7 Å². The molecule has 82 valence electrons. The zero-order valence-electron chi connectivity index (χ0n) is 8.75. The summed E-state index contributed by atoms with van der Waals surface area (Å²) in [5, 5.41) is 0.178. The smallest absolute Gasteiger partial charge is 0.185 e. The summed E-state index contributed by atoms with van der Waals surface area (Å²) in [4.78, 5) is 11.4. The number of terminal acetylenes is 1. The van der Waals surface area contributed by atoms with Crippen molar-refractivity contribution in [3.8, 4) is 12.3 Å². The lowest BCUT2D eigenvalue weighted by atomic mass is 10.1. The number of Topliss-reactive ketones (excluding diaryl/α,β-unsaturated/α-hetero) is 1. The lowest BCUT2D eigenvalue weighted by molar-refractivity contribution is -0.112. The van der Waals surface area contributed by atoms with Gasteiger partial charge in [0.2, 0.25) is 0 Å². The summed E-state index contributed by atoms with van der Waals surface area (Å²) in [6.45, 7) is 0.438. The molecule has 0 spiro atoms. The Morgan fingerprint density at radius 3 is 2.60 bits per heavy atom. The number of carbonyl (C=O) groups is 1. The first-order valence-electron chi connectivity index (χ1n) is 4.20. The SMILES string of the molecule is C#C/C(C(=O)CBr)=C(\C=C/COC)OC. The van der Waals surface area contributed by atoms with Gasteiger partial charge in [0.1, 0.15) is 11.3 Å². The van der Waals surface area contributed by atoms with E-state index in [1.54, 1.807) is 19.3 Å². The maximum atomic E-state index is 11.4. The van der Waals surface area contributed by atoms with Gasteiger partial charge >= 0.3 is 0 Å². The summed E-state index contributed by atoms with van der Waals surface area (Å²) < 4.78 is 9.85. The normalized spacial score (nSPS) is 12.1. The zero-order valence-corrected chi connectivity index (χ0v) is 10.3. The number of halogens is 1. The largest absolute Gasteiger partial charge is 0.495 e. The van der Waals surface area contributed by atoms with E-state index >= 15 is 0 Å². The van der Waals surface area contributed by atoms with Crippen LogP contribution in [-0.2, 0) is 14.3 Å². The van der Waals surface area contributed by atoms with E-state index in [9.17, 15) is 4.79 Å². The minimum Gasteiger partial charge on any atom is -0.495 e. The molecule has 0 radical (unpaired) electrons. The Kier molecular flexibility index (Phi) is 7.69. The molecule has 0 N–H and O–H groups in total. The molecule has 15 heavy (non-hydrogen) atoms. The van der Waals surface area contributed by atoms with E-state index < -0.39 is 0 Å². The van der Waals surface area contributed by atoms with Crippen molar-refractivity contribution in [1.29, 1.82) is 0 Å². The van der Waals surface area contributed by atoms with Crippen molar-refractivity contribution < 1.29 is 14.3 Å². The molecule has 0 aromatic rings. The molecule has 0 aliphatic carbocycles. The van der Waals surface area contributed by atoms with Crippen LogP contribution in [0.1, 0.15) is 0 Å². The lowest BCUT2D eigenvalue weighted by Crippen LogP contribution is -2.06. The first-order valence-corrected chi connectivity index (χ1v) is 5.32. The molecule has 4 heteroatoms. The Bertz CT molecular complexity index is 310. The van der Waals surface area contributed by atoms with E-state index in [2.05, 4.69) is 21.9 Å². The van der Waals surface area contributed by atoms with Crippen molar-refractivity contribution in [3.63, 3.8) is 0 Å². The second-order valence-corrected chi connectivity index (χ2v) is 3.06. The van der Waals surface area contributed by atoms with Crippen LogP contribution in [0.25, 0.3) is 0 Å². The van der Waals surface area contributed by atoms with Gasteiger partial charge in [-0.25, -0.2) is 0 Å². The van der Waals surface area contributed by atoms with Gasteiger partial charge in [-0.1, -0.05) is 27.9 Å². The van der Waals surface area contributed by atoms with E-state index in [1.807, 2.05) is 0 Å². The molecular formula is C11H13BrO3. The van der Waals surface area contributed by atoms with Gasteiger partial charge in [-0.3, -0.25) is 4.79 Å². The molecule has 0 rings (SSSR count). The van der Waals surface area contributed by atoms with E-state index in [0.29, 0.717) is 12.4 Å². The molecule has 3 nitrogen and oxygen atoms in total. The van der Waals surface area contributed by atoms with Crippen molar-refractivity contribution in [2.24, 2.45) is 0 Å². The third kappa shape index (κ3) is 4.82. The molecule has 0 saturated carbocycles. The fourth-order valence-corrected chi connectivity index (χ4v) is 1.14. The van der Waals surface area contributed by atoms with Crippen LogP contribution in [0.4, 0.5) is 0 Å². The summed E-state index contributed by atoms with van der Waals surface area (Å²) in [7, 11) is 3.04. The lowest BCUT2D eigenvalue weighted by Gasteiger charge is -2.03. The molecule has 0 heterocycles. The predicted octanol–water partition coefficient (Wildman–Crippen LogP) is 1.69. The minimum absolute atomic E-state index is 0.178. The second kappa shape index (κ2) is 8.27. The van der Waals surface area contributed by atoms with Crippen LogP contribution in [0.2, 0.25) is 0 Å². The van der Waals surface area contributed by atoms with Crippen LogP contribution in [-0.4, -0.2) is 31.9 Å². The molecule has 0 aromatic carbocycles. The van der Waals surface area contributed by atoms with Gasteiger partial charge in [0.05, 0.1) is 19.0 Å². The molecular weight excluding hydrogens is 260 g/mol. The standard InChI is InChI=1S/C11H13BrO3/c1-4-9(10(13)8-12)11(15-3)6-5-7-14-2/h1,5-6H,7-8H2,2-3H3/b6-5-,11-9-. The van der Waals surface area contributed by atoms with Crippen LogP contribution in [0.15, 0.2) is 23.5 Å². The van der Waals surface area contributed by atoms with Crippen LogP contribution in [0.3, 0.4) is 0 Å². The van der Waals surface area contributed by atoms with Crippen molar-refractivity contribution in [3.05, 3.63) is 23.5 Å². The number of hydrogen-bond donors (Lipinski definition) is 0. The number of alkyl halides is 1. The maximum Gasteiger partial charge on any atom is 0.185 e. The molecule has 0 saturated heterocycles. The molecule has 0 aliphatic heterocycles. The van der Waals surface area contributed by atoms with Gasteiger partial charge < -0.3 is 9.47 Å². The van der Waals surface area contributed by atoms with Crippen LogP contribution in [0, 0.1) is 12.3 Å². The van der Waals surface area contributed by atoms with Crippen molar-refractivity contribution in [1.82, 2.24) is 0 Å². The third-order valence-electron chi connectivity index (χ3n) is 1.54. The first kappa shape index (κ1) is 13.9. The predicted molar refractivity (Wildman–Crippen MR) is 62.7 cm³/mol. The maximum absolute atomic E-state index is 11.4. The number of ketones is 1. The third-order valence-corrected chi connectivity index (χ3v) is 2.05. The first-order chi connectivity index (χ1) is 7.21. The van der Waals surface area contributed by atoms with Crippen molar-refractivity contribution in [2.45, 2.75) is 0 Å². The van der Waals surface area contributed by atoms with Crippen molar-refractivity contribution in [2.75, 3.05) is 26.2 Å². The highest BCUT2D eigenvalue weighted by atomic mass is 79.9. The second-order valence-electron chi connectivity index (χ2n) is 2.50. The quantitative estimate of drug-likeness (QED) is 0.243. The average molecular weight is 273 g/mol. The average Bonchev–Trinajstić information content (AvgIpc) is 2.27. The molecule has 0 aromatic heterocycles. The molecule has 0 aliphatic rings. The molecule has 0 unspecified atom stereocenters. The zero-order chi connectivity index (χ0) is 11.7. The fourth-order valence-electron chi connectivity index (χ4n) is 0.861. The van der Waals surface area contributed by atoms with Gasteiger partial charge in [0, 0.05) is 7.11 Å². The molecule has 0 fully saturated rings. The number of carbonyl (C=O) groups excluding carboxylic acids is 1. The van der Waals surface area contributed by atoms with E-state index in [1.165, 1.54) is 7.11 Å². The molecule has 0 atom stereocenters. The van der Waals surface area contributed by atoms with Gasteiger partial charge in [-0.2, -0.15) is 0 Å². The topological polar surface area (TPSA) is 35.5 Å². The summed E-state index contributed by atoms with van der Waals surface area (Å²) in [5.74, 6) is 2.50. The van der Waals surface area contributed by atoms with Crippen LogP contribution >= 0.6 is 15.9 Å². The highest BCUT2D eigenvalue weighted by Crippen LogP contribution is 2.09. The van der Waals surface area contributed by atoms with Gasteiger partial charge in [0.25, 0.3) is 0 Å². The summed E-state index contributed by atoms with van der Waals surface area (Å²) in [6, 6.07) is 0. The summed E-state index contributed by atoms with van der Waals surface area (Å²) in [6.07, 6.45) is 8.58. The Morgan fingerprint density at radius 1 is 1.53 bits per heavy atom. The number of methoxy groups -OCH3 is 2. The Balaban J connectivity index is 4.93. The Labute approximate surface area is 98.3 Å². The molecule has 0 bridgehead atoms. The van der Waals surface area contributed by atoms with Gasteiger partial charge in [-0.15, -0.1) is 6.42 Å². The Morgan fingerprint density at radius 2 is 2.20 bits per heavy atom. The monoisotopic (exact) mass is 272 g/mol. The number of ether oxygens (including phenoxy) is 2. The van der Waals surface area contributed by atoms with Crippen LogP contribution < -0.4 is 0 Å². The fraction of sp³-hybridized carbons (Fsp3) is 0.364. The van der Waals surface area contributed by atoms with E-state index in [4.69, 9.17) is 15.9 Å². The number of allylic oxidation sites excluding steroid dienone is 2. The summed E-state index contributed by atoms with van der Waals surface area (Å²) in [5.41, 5.74) is 0.224. The molecule has 0 amide bonds. The van der Waals surface area contributed by atoms with E-state index in [0.717, 1.165) is 0 Å². The van der Waals surface area contributed by atoms with Gasteiger partial charge in [0.15, 0.2) is 5.78 Å². The van der Waals surface area contributed by atoms with Gasteiger partial charge in [-0.05, 0) is 6.08 Å². The highest BCUT2D eigenvalue weighted by molar-refractivity contribution is 9.09. The Hall–Kier alpha value is -1.05. The van der Waals surface area contributed by atoms with Crippen LogP contribution in [0.5, 0.6) is 0 Å². The highest BCUT2D eigenvalue weighted by Gasteiger charge is 2.10. The number of hydrogen-bond acceptors (Lipinski definition) is 3. The minimum atomic E-state index is -0.184.